The van der Waals surface area contributed by atoms with Gasteiger partial charge in [0.2, 0.25) is 11.8 Å². The Bertz CT molecular complexity index is 516. The molecule has 2 aromatic heterocycles. The van der Waals surface area contributed by atoms with Crippen LogP contribution in [0.5, 0.6) is 5.88 Å². The summed E-state index contributed by atoms with van der Waals surface area (Å²) in [6, 6.07) is 3.60. The summed E-state index contributed by atoms with van der Waals surface area (Å²) < 4.78 is 5.01. The van der Waals surface area contributed by atoms with Gasteiger partial charge in [0.15, 0.2) is 0 Å². The van der Waals surface area contributed by atoms with E-state index in [-0.39, 0.29) is 17.3 Å². The van der Waals surface area contributed by atoms with E-state index in [1.54, 1.807) is 13.0 Å². The van der Waals surface area contributed by atoms with Crippen LogP contribution >= 0.6 is 11.3 Å². The highest BCUT2D eigenvalue weighted by molar-refractivity contribution is 7.13. The Morgan fingerprint density at radius 2 is 2.40 bits per heavy atom. The quantitative estimate of drug-likeness (QED) is 0.846. The first-order chi connectivity index (χ1) is 7.22. The fraction of sp³-hybridized carbons (Fsp3) is 0.200. The highest BCUT2D eigenvalue weighted by Gasteiger charge is 2.12. The molecule has 1 N–H and O–H groups in total. The fourth-order valence-corrected chi connectivity index (χ4v) is 1.88. The van der Waals surface area contributed by atoms with E-state index >= 15 is 0 Å². The summed E-state index contributed by atoms with van der Waals surface area (Å²) in [6.07, 6.45) is 0.409. The molecule has 0 atom stereocenters. The minimum atomic E-state index is -0.520. The molecular formula is C10H9NO3S. The van der Waals surface area contributed by atoms with Gasteiger partial charge < -0.3 is 9.52 Å². The van der Waals surface area contributed by atoms with Crippen molar-refractivity contribution in [1.82, 2.24) is 4.98 Å². The van der Waals surface area contributed by atoms with E-state index in [1.165, 1.54) is 11.3 Å². The Morgan fingerprint density at radius 3 is 2.93 bits per heavy atom. The van der Waals surface area contributed by atoms with Crippen molar-refractivity contribution in [2.45, 2.75) is 13.3 Å². The SMILES string of the molecule is CCc1c(O)nc(-c2cccs2)oc1=O. The molecule has 0 amide bonds. The molecule has 0 saturated carbocycles. The van der Waals surface area contributed by atoms with Crippen LogP contribution in [0.15, 0.2) is 26.7 Å². The predicted molar refractivity (Wildman–Crippen MR) is 57.1 cm³/mol. The standard InChI is InChI=1S/C10H9NO3S/c1-2-6-8(12)11-9(14-10(6)13)7-4-3-5-15-7/h3-5,12H,2H2,1H3. The first-order valence-corrected chi connectivity index (χ1v) is 5.37. The molecule has 0 aliphatic heterocycles. The average Bonchev–Trinajstić information content (AvgIpc) is 2.69. The van der Waals surface area contributed by atoms with E-state index in [2.05, 4.69) is 4.98 Å². The normalized spacial score (nSPS) is 10.5. The van der Waals surface area contributed by atoms with Crippen molar-refractivity contribution in [3.63, 3.8) is 0 Å². The summed E-state index contributed by atoms with van der Waals surface area (Å²) in [6.45, 7) is 1.76. The smallest absolute Gasteiger partial charge is 0.346 e. The lowest BCUT2D eigenvalue weighted by Gasteiger charge is -2.00. The third-order valence-electron chi connectivity index (χ3n) is 2.00. The van der Waals surface area contributed by atoms with Gasteiger partial charge in [0.05, 0.1) is 10.4 Å². The molecule has 2 aromatic rings. The largest absolute Gasteiger partial charge is 0.493 e. The zero-order valence-electron chi connectivity index (χ0n) is 8.06. The van der Waals surface area contributed by atoms with Gasteiger partial charge in [-0.2, -0.15) is 4.98 Å². The number of rotatable bonds is 2. The van der Waals surface area contributed by atoms with Crippen molar-refractivity contribution in [2.24, 2.45) is 0 Å². The topological polar surface area (TPSA) is 63.3 Å². The van der Waals surface area contributed by atoms with E-state index in [1.807, 2.05) is 11.4 Å². The van der Waals surface area contributed by atoms with Gasteiger partial charge in [-0.1, -0.05) is 13.0 Å². The molecule has 0 fully saturated rings. The number of aromatic hydroxyl groups is 1. The molecule has 0 unspecified atom stereocenters. The molecule has 2 heterocycles. The molecule has 0 radical (unpaired) electrons. The van der Waals surface area contributed by atoms with Gasteiger partial charge >= 0.3 is 5.63 Å². The van der Waals surface area contributed by atoms with Gasteiger partial charge in [0.1, 0.15) is 0 Å². The Labute approximate surface area is 89.8 Å². The molecule has 0 aliphatic rings. The molecule has 15 heavy (non-hydrogen) atoms. The number of hydrogen-bond donors (Lipinski definition) is 1. The van der Waals surface area contributed by atoms with Gasteiger partial charge in [-0.15, -0.1) is 11.3 Å². The molecule has 0 aliphatic carbocycles. The van der Waals surface area contributed by atoms with Crippen LogP contribution in [0.25, 0.3) is 10.8 Å². The zero-order chi connectivity index (χ0) is 10.8. The number of thiophene rings is 1. The maximum Gasteiger partial charge on any atom is 0.346 e. The van der Waals surface area contributed by atoms with E-state index < -0.39 is 5.63 Å². The second-order valence-corrected chi connectivity index (χ2v) is 3.89. The molecule has 78 valence electrons. The van der Waals surface area contributed by atoms with Crippen LogP contribution in [-0.2, 0) is 6.42 Å². The first kappa shape index (κ1) is 9.92. The summed E-state index contributed by atoms with van der Waals surface area (Å²) in [5.74, 6) is -0.0677. The molecule has 5 heteroatoms. The third kappa shape index (κ3) is 1.78. The van der Waals surface area contributed by atoms with Crippen LogP contribution in [0, 0.1) is 0 Å². The molecule has 0 spiro atoms. The minimum Gasteiger partial charge on any atom is -0.493 e. The highest BCUT2D eigenvalue weighted by atomic mass is 32.1. The third-order valence-corrected chi connectivity index (χ3v) is 2.86. The van der Waals surface area contributed by atoms with E-state index in [9.17, 15) is 9.90 Å². The summed E-state index contributed by atoms with van der Waals surface area (Å²) >= 11 is 1.40. The van der Waals surface area contributed by atoms with E-state index in [0.29, 0.717) is 6.42 Å². The van der Waals surface area contributed by atoms with Crippen LogP contribution in [-0.4, -0.2) is 10.1 Å². The van der Waals surface area contributed by atoms with Gasteiger partial charge in [0, 0.05) is 0 Å². The van der Waals surface area contributed by atoms with Crippen molar-refractivity contribution >= 4 is 11.3 Å². The predicted octanol–water partition coefficient (Wildman–Crippen LogP) is 2.03. The number of hydrogen-bond acceptors (Lipinski definition) is 5. The van der Waals surface area contributed by atoms with E-state index in [0.717, 1.165) is 4.88 Å². The zero-order valence-corrected chi connectivity index (χ0v) is 8.87. The summed E-state index contributed by atoms with van der Waals surface area (Å²) in [5, 5.41) is 11.4. The molecule has 4 nitrogen and oxygen atoms in total. The number of aromatic nitrogens is 1. The van der Waals surface area contributed by atoms with Crippen molar-refractivity contribution in [2.75, 3.05) is 0 Å². The van der Waals surface area contributed by atoms with Crippen molar-refractivity contribution in [1.29, 1.82) is 0 Å². The lowest BCUT2D eigenvalue weighted by Crippen LogP contribution is -2.08. The second-order valence-electron chi connectivity index (χ2n) is 2.94. The van der Waals surface area contributed by atoms with Crippen LogP contribution < -0.4 is 5.63 Å². The van der Waals surface area contributed by atoms with Gasteiger partial charge in [0.25, 0.3) is 0 Å². The van der Waals surface area contributed by atoms with Gasteiger partial charge in [-0.05, 0) is 17.9 Å². The second kappa shape index (κ2) is 3.86. The van der Waals surface area contributed by atoms with Crippen LogP contribution in [0.4, 0.5) is 0 Å². The molecule has 0 saturated heterocycles. The summed E-state index contributed by atoms with van der Waals surface area (Å²) in [7, 11) is 0. The maximum absolute atomic E-state index is 11.4. The van der Waals surface area contributed by atoms with Crippen molar-refractivity contribution in [3.8, 4) is 16.6 Å². The molecule has 2 rings (SSSR count). The first-order valence-electron chi connectivity index (χ1n) is 4.49. The lowest BCUT2D eigenvalue weighted by atomic mass is 10.2. The minimum absolute atomic E-state index is 0.171. The lowest BCUT2D eigenvalue weighted by molar-refractivity contribution is 0.411. The summed E-state index contributed by atoms with van der Waals surface area (Å²) in [5.41, 5.74) is -0.302. The van der Waals surface area contributed by atoms with Crippen molar-refractivity contribution < 1.29 is 9.52 Å². The maximum atomic E-state index is 11.4. The van der Waals surface area contributed by atoms with Gasteiger partial charge in [-0.25, -0.2) is 4.79 Å². The summed E-state index contributed by atoms with van der Waals surface area (Å²) in [4.78, 5) is 16.0. The Kier molecular flexibility index (Phi) is 2.55. The average molecular weight is 223 g/mol. The number of nitrogens with zero attached hydrogens (tertiary/aromatic N) is 1. The Morgan fingerprint density at radius 1 is 1.60 bits per heavy atom. The van der Waals surface area contributed by atoms with Crippen molar-refractivity contribution in [3.05, 3.63) is 33.5 Å². The van der Waals surface area contributed by atoms with Crippen LogP contribution in [0.2, 0.25) is 0 Å². The van der Waals surface area contributed by atoms with Gasteiger partial charge in [-0.3, -0.25) is 0 Å². The molecular weight excluding hydrogens is 214 g/mol. The Balaban J connectivity index is 2.58. The Hall–Kier alpha value is -1.62. The van der Waals surface area contributed by atoms with Crippen LogP contribution in [0.1, 0.15) is 12.5 Å². The monoisotopic (exact) mass is 223 g/mol. The fourth-order valence-electron chi connectivity index (χ4n) is 1.24. The van der Waals surface area contributed by atoms with Crippen LogP contribution in [0.3, 0.4) is 0 Å². The molecule has 0 aromatic carbocycles. The molecule has 0 bridgehead atoms. The highest BCUT2D eigenvalue weighted by Crippen LogP contribution is 2.24. The van der Waals surface area contributed by atoms with E-state index in [4.69, 9.17) is 4.42 Å².